The van der Waals surface area contributed by atoms with Crippen molar-refractivity contribution < 1.29 is 4.42 Å². The second-order valence-corrected chi connectivity index (χ2v) is 13.7. The van der Waals surface area contributed by atoms with Crippen LogP contribution in [0.4, 0.5) is 17.1 Å². The minimum absolute atomic E-state index is 0.913. The number of aromatic nitrogens is 1. The Balaban J connectivity index is 1.18. The lowest BCUT2D eigenvalue weighted by Gasteiger charge is -2.28. The molecule has 0 atom stereocenters. The van der Waals surface area contributed by atoms with Crippen LogP contribution in [0.5, 0.6) is 0 Å². The van der Waals surface area contributed by atoms with Gasteiger partial charge in [-0.05, 0) is 100 Å². The highest BCUT2D eigenvalue weighted by Gasteiger charge is 2.20. The van der Waals surface area contributed by atoms with Gasteiger partial charge in [-0.15, -0.1) is 0 Å². The standard InChI is InChI=1S/C50H32N2O/c1-3-13-33(14-4-1)34-15-11-18-37(29-34)51(38-26-28-48-44(31-38)40-19-7-9-22-47(40)52(48)36-16-5-2-6-17-36)46-23-12-21-39-41(46)27-25-35-30-50-45(32-43(35)39)42-20-8-10-24-49(42)53-50/h1-32H. The summed E-state index contributed by atoms with van der Waals surface area (Å²) in [6.45, 7) is 0. The predicted molar refractivity (Wildman–Crippen MR) is 223 cm³/mol. The number of para-hydroxylation sites is 3. The summed E-state index contributed by atoms with van der Waals surface area (Å²) >= 11 is 0. The zero-order chi connectivity index (χ0) is 34.9. The fourth-order valence-electron chi connectivity index (χ4n) is 8.33. The molecule has 0 unspecified atom stereocenters. The topological polar surface area (TPSA) is 21.3 Å². The van der Waals surface area contributed by atoms with Gasteiger partial charge in [0.1, 0.15) is 11.2 Å². The molecule has 0 saturated heterocycles. The van der Waals surface area contributed by atoms with Crippen LogP contribution in [0.15, 0.2) is 199 Å². The van der Waals surface area contributed by atoms with E-state index in [-0.39, 0.29) is 0 Å². The molecule has 0 aliphatic carbocycles. The van der Waals surface area contributed by atoms with Crippen LogP contribution in [-0.4, -0.2) is 4.57 Å². The quantitative estimate of drug-likeness (QED) is 0.169. The number of hydrogen-bond donors (Lipinski definition) is 0. The maximum Gasteiger partial charge on any atom is 0.136 e. The second-order valence-electron chi connectivity index (χ2n) is 13.7. The fourth-order valence-corrected chi connectivity index (χ4v) is 8.33. The van der Waals surface area contributed by atoms with Crippen molar-refractivity contribution in [2.24, 2.45) is 0 Å². The number of anilines is 3. The van der Waals surface area contributed by atoms with Crippen molar-refractivity contribution in [1.29, 1.82) is 0 Å². The third-order valence-electron chi connectivity index (χ3n) is 10.7. The number of benzene rings is 9. The van der Waals surface area contributed by atoms with E-state index in [1.807, 2.05) is 12.1 Å². The Labute approximate surface area is 306 Å². The Kier molecular flexibility index (Phi) is 6.55. The van der Waals surface area contributed by atoms with E-state index >= 15 is 0 Å². The van der Waals surface area contributed by atoms with Gasteiger partial charge in [0, 0.05) is 44.0 Å². The molecule has 3 nitrogen and oxygen atoms in total. The zero-order valence-corrected chi connectivity index (χ0v) is 28.8. The summed E-state index contributed by atoms with van der Waals surface area (Å²) in [5.41, 5.74) is 11.0. The third kappa shape index (κ3) is 4.68. The number of hydrogen-bond acceptors (Lipinski definition) is 2. The molecule has 0 radical (unpaired) electrons. The molecule has 3 heteroatoms. The predicted octanol–water partition coefficient (Wildman–Crippen LogP) is 14.1. The summed E-state index contributed by atoms with van der Waals surface area (Å²) in [4.78, 5) is 2.43. The van der Waals surface area contributed by atoms with Gasteiger partial charge in [0.15, 0.2) is 0 Å². The van der Waals surface area contributed by atoms with Gasteiger partial charge in [-0.25, -0.2) is 0 Å². The van der Waals surface area contributed by atoms with Gasteiger partial charge in [-0.3, -0.25) is 0 Å². The molecule has 0 saturated carbocycles. The lowest BCUT2D eigenvalue weighted by atomic mass is 9.97. The van der Waals surface area contributed by atoms with Crippen molar-refractivity contribution in [3.63, 3.8) is 0 Å². The average molecular weight is 677 g/mol. The van der Waals surface area contributed by atoms with Crippen LogP contribution in [0.2, 0.25) is 0 Å². The van der Waals surface area contributed by atoms with Crippen LogP contribution < -0.4 is 4.90 Å². The lowest BCUT2D eigenvalue weighted by molar-refractivity contribution is 0.669. The van der Waals surface area contributed by atoms with E-state index in [1.165, 1.54) is 49.1 Å². The van der Waals surface area contributed by atoms with E-state index in [0.29, 0.717) is 0 Å². The van der Waals surface area contributed by atoms with E-state index < -0.39 is 0 Å². The van der Waals surface area contributed by atoms with Crippen molar-refractivity contribution in [2.75, 3.05) is 4.90 Å². The minimum atomic E-state index is 0.913. The van der Waals surface area contributed by atoms with E-state index in [2.05, 4.69) is 191 Å². The van der Waals surface area contributed by atoms with Gasteiger partial charge >= 0.3 is 0 Å². The molecule has 11 rings (SSSR count). The van der Waals surface area contributed by atoms with E-state index in [4.69, 9.17) is 4.42 Å². The first-order valence-electron chi connectivity index (χ1n) is 18.1. The molecule has 0 aliphatic rings. The van der Waals surface area contributed by atoms with Crippen LogP contribution in [-0.2, 0) is 0 Å². The summed E-state index contributed by atoms with van der Waals surface area (Å²) in [6, 6.07) is 69.9. The Hall–Kier alpha value is -7.10. The molecule has 2 aromatic heterocycles. The highest BCUT2D eigenvalue weighted by atomic mass is 16.3. The first-order chi connectivity index (χ1) is 26.3. The number of furan rings is 1. The SMILES string of the molecule is c1ccc(-c2cccc(N(c3ccc4c(c3)c3ccccc3n4-c3ccccc3)c3cccc4c3ccc3cc5oc6ccccc6c5cc34)c2)cc1. The molecule has 11 aromatic rings. The smallest absolute Gasteiger partial charge is 0.136 e. The first-order valence-corrected chi connectivity index (χ1v) is 18.1. The summed E-state index contributed by atoms with van der Waals surface area (Å²) in [5, 5.41) is 9.48. The lowest BCUT2D eigenvalue weighted by Crippen LogP contribution is -2.10. The van der Waals surface area contributed by atoms with Crippen molar-refractivity contribution in [1.82, 2.24) is 4.57 Å². The molecular formula is C50H32N2O. The summed E-state index contributed by atoms with van der Waals surface area (Å²) in [7, 11) is 0. The van der Waals surface area contributed by atoms with Gasteiger partial charge in [-0.1, -0.05) is 121 Å². The second kappa shape index (κ2) is 11.7. The highest BCUT2D eigenvalue weighted by molar-refractivity contribution is 6.19. The summed E-state index contributed by atoms with van der Waals surface area (Å²) < 4.78 is 8.66. The Morgan fingerprint density at radius 2 is 1.06 bits per heavy atom. The molecule has 0 aliphatic heterocycles. The van der Waals surface area contributed by atoms with Crippen molar-refractivity contribution in [3.05, 3.63) is 194 Å². The van der Waals surface area contributed by atoms with Gasteiger partial charge in [0.25, 0.3) is 0 Å². The van der Waals surface area contributed by atoms with Gasteiger partial charge < -0.3 is 13.9 Å². The fraction of sp³-hybridized carbons (Fsp3) is 0. The number of fused-ring (bicyclic) bond motifs is 9. The molecular weight excluding hydrogens is 645 g/mol. The Bertz CT molecular complexity index is 3170. The summed E-state index contributed by atoms with van der Waals surface area (Å²) in [5.74, 6) is 0. The molecule has 0 N–H and O–H groups in total. The third-order valence-corrected chi connectivity index (χ3v) is 10.7. The van der Waals surface area contributed by atoms with Crippen LogP contribution in [0.3, 0.4) is 0 Å². The summed E-state index contributed by atoms with van der Waals surface area (Å²) in [6.07, 6.45) is 0. The first kappa shape index (κ1) is 29.6. The molecule has 2 heterocycles. The van der Waals surface area contributed by atoms with Crippen molar-refractivity contribution in [2.45, 2.75) is 0 Å². The van der Waals surface area contributed by atoms with Crippen molar-refractivity contribution in [3.8, 4) is 16.8 Å². The van der Waals surface area contributed by atoms with Gasteiger partial charge in [0.2, 0.25) is 0 Å². The average Bonchev–Trinajstić information content (AvgIpc) is 3.76. The van der Waals surface area contributed by atoms with Crippen LogP contribution in [0.25, 0.3) is 82.1 Å². The Morgan fingerprint density at radius 3 is 1.94 bits per heavy atom. The normalized spacial score (nSPS) is 11.8. The van der Waals surface area contributed by atoms with E-state index in [0.717, 1.165) is 50.1 Å². The van der Waals surface area contributed by atoms with Crippen LogP contribution in [0.1, 0.15) is 0 Å². The minimum Gasteiger partial charge on any atom is -0.456 e. The van der Waals surface area contributed by atoms with Gasteiger partial charge in [0.05, 0.1) is 16.7 Å². The molecule has 248 valence electrons. The van der Waals surface area contributed by atoms with Crippen molar-refractivity contribution >= 4 is 82.4 Å². The molecule has 53 heavy (non-hydrogen) atoms. The maximum absolute atomic E-state index is 6.28. The number of rotatable bonds is 5. The zero-order valence-electron chi connectivity index (χ0n) is 28.8. The molecule has 9 aromatic carbocycles. The van der Waals surface area contributed by atoms with E-state index in [9.17, 15) is 0 Å². The van der Waals surface area contributed by atoms with Crippen LogP contribution in [0, 0.1) is 0 Å². The maximum atomic E-state index is 6.28. The highest BCUT2D eigenvalue weighted by Crippen LogP contribution is 2.44. The molecule has 0 fully saturated rings. The molecule has 0 amide bonds. The monoisotopic (exact) mass is 676 g/mol. The largest absolute Gasteiger partial charge is 0.456 e. The molecule has 0 spiro atoms. The van der Waals surface area contributed by atoms with E-state index in [1.54, 1.807) is 0 Å². The number of nitrogens with zero attached hydrogens (tertiary/aromatic N) is 2. The Morgan fingerprint density at radius 1 is 0.358 bits per heavy atom. The van der Waals surface area contributed by atoms with Crippen LogP contribution >= 0.6 is 0 Å². The molecule has 0 bridgehead atoms. The van der Waals surface area contributed by atoms with Gasteiger partial charge in [-0.2, -0.15) is 0 Å².